The third-order valence-electron chi connectivity index (χ3n) is 2.73. The van der Waals surface area contributed by atoms with Crippen LogP contribution < -0.4 is 0 Å². The average Bonchev–Trinajstić information content (AvgIpc) is 2.16. The summed E-state index contributed by atoms with van der Waals surface area (Å²) in [6.07, 6.45) is 1.12. The summed E-state index contributed by atoms with van der Waals surface area (Å²) in [6, 6.07) is 8.58. The van der Waals surface area contributed by atoms with E-state index in [0.717, 1.165) is 19.5 Å². The maximum Gasteiger partial charge on any atom is 0.0392 e. The van der Waals surface area contributed by atoms with Gasteiger partial charge in [0, 0.05) is 13.1 Å². The van der Waals surface area contributed by atoms with Crippen LogP contribution in [0.2, 0.25) is 0 Å². The van der Waals surface area contributed by atoms with Crippen molar-refractivity contribution in [3.05, 3.63) is 35.4 Å². The number of fused-ring (bicyclic) bond motifs is 1. The fourth-order valence-corrected chi connectivity index (χ4v) is 2.61. The highest BCUT2D eigenvalue weighted by Gasteiger charge is 2.26. The first kappa shape index (κ1) is 10.0. The van der Waals surface area contributed by atoms with Crippen molar-refractivity contribution in [2.75, 3.05) is 6.54 Å². The van der Waals surface area contributed by atoms with Crippen LogP contribution in [0.4, 0.5) is 0 Å². The van der Waals surface area contributed by atoms with Crippen LogP contribution in [0.5, 0.6) is 0 Å². The Morgan fingerprint density at radius 3 is 2.57 bits per heavy atom. The molecule has 0 spiro atoms. The van der Waals surface area contributed by atoms with Gasteiger partial charge in [-0.2, -0.15) is 0 Å². The largest absolute Gasteiger partial charge is 0.215 e. The van der Waals surface area contributed by atoms with Crippen LogP contribution in [-0.4, -0.2) is 11.0 Å². The topological polar surface area (TPSA) is 3.24 Å². The molecule has 1 aliphatic rings. The molecule has 0 unspecified atom stereocenters. The molecular formula is C12H16ClN. The highest BCUT2D eigenvalue weighted by atomic mass is 35.5. The van der Waals surface area contributed by atoms with E-state index in [4.69, 9.17) is 11.8 Å². The molecule has 1 aliphatic heterocycles. The second kappa shape index (κ2) is 3.56. The molecule has 0 atom stereocenters. The molecule has 0 bridgehead atoms. The molecule has 0 saturated carbocycles. The molecule has 1 heterocycles. The smallest absolute Gasteiger partial charge is 0.0392 e. The van der Waals surface area contributed by atoms with Gasteiger partial charge < -0.3 is 0 Å². The Morgan fingerprint density at radius 2 is 1.86 bits per heavy atom. The van der Waals surface area contributed by atoms with Crippen LogP contribution in [0.1, 0.15) is 25.0 Å². The Bertz CT molecular complexity index is 333. The van der Waals surface area contributed by atoms with Gasteiger partial charge >= 0.3 is 0 Å². The van der Waals surface area contributed by atoms with Gasteiger partial charge in [0.15, 0.2) is 0 Å². The van der Waals surface area contributed by atoms with Gasteiger partial charge in [-0.1, -0.05) is 38.1 Å². The average molecular weight is 210 g/mol. The number of rotatable bonds is 0. The summed E-state index contributed by atoms with van der Waals surface area (Å²) < 4.78 is 1.89. The van der Waals surface area contributed by atoms with Gasteiger partial charge in [0.05, 0.1) is 0 Å². The van der Waals surface area contributed by atoms with Crippen molar-refractivity contribution in [2.24, 2.45) is 5.41 Å². The minimum Gasteiger partial charge on any atom is -0.215 e. The number of hydrogen-bond donors (Lipinski definition) is 0. The number of hydrogen-bond acceptors (Lipinski definition) is 1. The minimum absolute atomic E-state index is 0.272. The normalized spacial score (nSPS) is 21.4. The van der Waals surface area contributed by atoms with Crippen LogP contribution >= 0.6 is 11.8 Å². The standard InChI is InChI=1S/C12H16ClN/c1-12(2)7-10-5-3-4-6-11(10)8-14(13)9-12/h3-6H,7-9H2,1-2H3. The van der Waals surface area contributed by atoms with E-state index in [-0.39, 0.29) is 5.41 Å². The molecule has 2 heteroatoms. The van der Waals surface area contributed by atoms with Crippen molar-refractivity contribution < 1.29 is 0 Å². The molecule has 0 amide bonds. The van der Waals surface area contributed by atoms with Gasteiger partial charge in [0.2, 0.25) is 0 Å². The van der Waals surface area contributed by atoms with E-state index in [0.29, 0.717) is 0 Å². The minimum atomic E-state index is 0.272. The lowest BCUT2D eigenvalue weighted by Gasteiger charge is -2.24. The maximum absolute atomic E-state index is 6.17. The van der Waals surface area contributed by atoms with Crippen molar-refractivity contribution in [1.29, 1.82) is 0 Å². The summed E-state index contributed by atoms with van der Waals surface area (Å²) >= 11 is 6.17. The fraction of sp³-hybridized carbons (Fsp3) is 0.500. The molecule has 0 fully saturated rings. The number of nitrogens with zero attached hydrogens (tertiary/aromatic N) is 1. The van der Waals surface area contributed by atoms with E-state index in [1.807, 2.05) is 4.42 Å². The van der Waals surface area contributed by atoms with Crippen molar-refractivity contribution in [1.82, 2.24) is 4.42 Å². The Balaban J connectivity index is 2.37. The molecular weight excluding hydrogens is 194 g/mol. The first-order valence-electron chi connectivity index (χ1n) is 5.04. The maximum atomic E-state index is 6.17. The lowest BCUT2D eigenvalue weighted by Crippen LogP contribution is -2.26. The Hall–Kier alpha value is -0.530. The summed E-state index contributed by atoms with van der Waals surface area (Å²) in [7, 11) is 0. The van der Waals surface area contributed by atoms with Crippen molar-refractivity contribution in [2.45, 2.75) is 26.8 Å². The monoisotopic (exact) mass is 209 g/mol. The summed E-state index contributed by atoms with van der Waals surface area (Å²) in [5, 5.41) is 0. The summed E-state index contributed by atoms with van der Waals surface area (Å²) in [5.74, 6) is 0. The van der Waals surface area contributed by atoms with Crippen LogP contribution in [-0.2, 0) is 13.0 Å². The molecule has 0 aromatic heterocycles. The van der Waals surface area contributed by atoms with E-state index in [9.17, 15) is 0 Å². The van der Waals surface area contributed by atoms with Crippen LogP contribution in [0.3, 0.4) is 0 Å². The number of benzene rings is 1. The van der Waals surface area contributed by atoms with Crippen LogP contribution in [0.25, 0.3) is 0 Å². The summed E-state index contributed by atoms with van der Waals surface area (Å²) in [4.78, 5) is 0. The van der Waals surface area contributed by atoms with Gasteiger partial charge in [-0.25, -0.2) is 4.42 Å². The second-order valence-electron chi connectivity index (χ2n) is 4.89. The predicted octanol–water partition coefficient (Wildman–Crippen LogP) is 3.22. The quantitative estimate of drug-likeness (QED) is 0.593. The Labute approximate surface area is 90.8 Å². The highest BCUT2D eigenvalue weighted by Crippen LogP contribution is 2.30. The first-order chi connectivity index (χ1) is 6.57. The zero-order valence-electron chi connectivity index (χ0n) is 8.76. The molecule has 1 aromatic rings. The van der Waals surface area contributed by atoms with E-state index in [1.54, 1.807) is 0 Å². The van der Waals surface area contributed by atoms with E-state index >= 15 is 0 Å². The molecule has 0 aliphatic carbocycles. The Morgan fingerprint density at radius 1 is 1.21 bits per heavy atom. The zero-order valence-corrected chi connectivity index (χ0v) is 9.51. The van der Waals surface area contributed by atoms with Gasteiger partial charge in [0.1, 0.15) is 0 Å². The van der Waals surface area contributed by atoms with Gasteiger partial charge in [-0.05, 0) is 34.7 Å². The van der Waals surface area contributed by atoms with Crippen molar-refractivity contribution >= 4 is 11.8 Å². The summed E-state index contributed by atoms with van der Waals surface area (Å²) in [5.41, 5.74) is 3.09. The highest BCUT2D eigenvalue weighted by molar-refractivity contribution is 6.13. The third kappa shape index (κ3) is 2.10. The third-order valence-corrected chi connectivity index (χ3v) is 2.97. The second-order valence-corrected chi connectivity index (χ2v) is 5.37. The van der Waals surface area contributed by atoms with Gasteiger partial charge in [-0.3, -0.25) is 0 Å². The van der Waals surface area contributed by atoms with E-state index in [2.05, 4.69) is 38.1 Å². The lowest BCUT2D eigenvalue weighted by atomic mass is 9.85. The molecule has 0 N–H and O–H groups in total. The fourth-order valence-electron chi connectivity index (χ4n) is 2.16. The van der Waals surface area contributed by atoms with E-state index in [1.165, 1.54) is 11.1 Å². The van der Waals surface area contributed by atoms with Crippen molar-refractivity contribution in [3.8, 4) is 0 Å². The molecule has 0 radical (unpaired) electrons. The molecule has 14 heavy (non-hydrogen) atoms. The molecule has 1 nitrogen and oxygen atoms in total. The van der Waals surface area contributed by atoms with Gasteiger partial charge in [0.25, 0.3) is 0 Å². The SMILES string of the molecule is CC1(C)Cc2ccccc2CN(Cl)C1. The van der Waals surface area contributed by atoms with Crippen molar-refractivity contribution in [3.63, 3.8) is 0 Å². The summed E-state index contributed by atoms with van der Waals surface area (Å²) in [6.45, 7) is 6.35. The van der Waals surface area contributed by atoms with Crippen LogP contribution in [0.15, 0.2) is 24.3 Å². The molecule has 76 valence electrons. The predicted molar refractivity (Wildman–Crippen MR) is 60.2 cm³/mol. The van der Waals surface area contributed by atoms with E-state index < -0.39 is 0 Å². The zero-order chi connectivity index (χ0) is 10.2. The lowest BCUT2D eigenvalue weighted by molar-refractivity contribution is 0.275. The first-order valence-corrected chi connectivity index (χ1v) is 5.38. The van der Waals surface area contributed by atoms with Gasteiger partial charge in [-0.15, -0.1) is 0 Å². The molecule has 2 rings (SSSR count). The molecule has 1 aromatic carbocycles. The Kier molecular flexibility index (Phi) is 2.54. The number of halogens is 1. The molecule has 0 saturated heterocycles. The van der Waals surface area contributed by atoms with Crippen LogP contribution in [0, 0.1) is 5.41 Å².